The SMILES string of the molecule is C=C(C)/C(C)=N\OCC(=O)NCC(=O)NCC(=O)NCC(=O)NCCNC(=O)OCc1cn(CCOCCOCCOCCOCCOCCC(C)(C)C)nn1. The average molecular weight is 800 g/mol. The zero-order chi connectivity index (χ0) is 41.4. The van der Waals surface area contributed by atoms with E-state index >= 15 is 0 Å². The number of carbonyl (C=O) groups excluding carboxylic acids is 5. The Kier molecular flexibility index (Phi) is 26.9. The molecule has 0 unspecified atom stereocenters. The first-order chi connectivity index (χ1) is 26.7. The highest BCUT2D eigenvalue weighted by Gasteiger charge is 2.11. The van der Waals surface area contributed by atoms with Gasteiger partial charge >= 0.3 is 6.09 Å². The molecule has 0 bridgehead atoms. The van der Waals surface area contributed by atoms with Crippen molar-refractivity contribution in [1.29, 1.82) is 0 Å². The average Bonchev–Trinajstić information content (AvgIpc) is 3.61. The molecule has 21 nitrogen and oxygen atoms in total. The number of allylic oxidation sites excluding steroid dienone is 1. The first-order valence-corrected chi connectivity index (χ1v) is 18.3. The minimum absolute atomic E-state index is 0.0649. The van der Waals surface area contributed by atoms with Crippen LogP contribution in [0.25, 0.3) is 0 Å². The van der Waals surface area contributed by atoms with Crippen molar-refractivity contribution in [2.45, 2.75) is 54.2 Å². The van der Waals surface area contributed by atoms with E-state index in [1.165, 1.54) is 0 Å². The Bertz CT molecular complexity index is 1350. The van der Waals surface area contributed by atoms with Gasteiger partial charge in [0, 0.05) is 19.7 Å². The van der Waals surface area contributed by atoms with Crippen LogP contribution in [0.4, 0.5) is 4.79 Å². The van der Waals surface area contributed by atoms with Gasteiger partial charge in [0.2, 0.25) is 17.7 Å². The number of ether oxygens (including phenoxy) is 6. The number of carbonyl (C=O) groups is 5. The van der Waals surface area contributed by atoms with Crippen LogP contribution < -0.4 is 26.6 Å². The molecule has 318 valence electrons. The number of nitrogens with zero attached hydrogens (tertiary/aromatic N) is 4. The number of oxime groups is 1. The second-order valence-electron chi connectivity index (χ2n) is 13.3. The molecule has 0 aliphatic carbocycles. The lowest BCUT2D eigenvalue weighted by Crippen LogP contribution is -2.45. The van der Waals surface area contributed by atoms with E-state index in [1.54, 1.807) is 24.7 Å². The molecule has 0 spiro atoms. The largest absolute Gasteiger partial charge is 0.443 e. The molecule has 0 aliphatic rings. The van der Waals surface area contributed by atoms with Gasteiger partial charge in [-0.2, -0.15) is 0 Å². The summed E-state index contributed by atoms with van der Waals surface area (Å²) in [5.74, 6) is -2.34. The maximum absolute atomic E-state index is 12.0. The standard InChI is InChI=1S/C35H61N9O12/c1-27(2)28(3)42-56-26-33(48)40-23-32(47)39-22-31(46)38-21-30(45)36-8-9-37-34(49)55-25-29-24-44(43-41-29)10-12-51-14-16-53-18-20-54-19-17-52-15-13-50-11-7-35(4,5)6/h24H,1,7-23,25-26H2,2-6H3,(H,36,45)(H,37,49)(H,38,46)(H,39,47)(H,40,48)/b42-28-. The molecule has 1 aromatic rings. The van der Waals surface area contributed by atoms with Gasteiger partial charge in [0.1, 0.15) is 12.3 Å². The Labute approximate surface area is 328 Å². The molecule has 1 heterocycles. The van der Waals surface area contributed by atoms with Gasteiger partial charge in [-0.15, -0.1) is 5.10 Å². The lowest BCUT2D eigenvalue weighted by atomic mass is 9.93. The molecule has 0 atom stereocenters. The molecule has 5 N–H and O–H groups in total. The summed E-state index contributed by atoms with van der Waals surface area (Å²) in [6.45, 7) is 17.6. The second kappa shape index (κ2) is 30.5. The number of nitrogens with one attached hydrogen (secondary N) is 5. The fraction of sp³-hybridized carbons (Fsp3) is 0.714. The molecule has 5 amide bonds. The van der Waals surface area contributed by atoms with Crippen LogP contribution in [0.2, 0.25) is 0 Å². The monoisotopic (exact) mass is 799 g/mol. The van der Waals surface area contributed by atoms with Gasteiger partial charge in [-0.25, -0.2) is 9.48 Å². The quantitative estimate of drug-likeness (QED) is 0.0349. The molecular formula is C35H61N9O12. The van der Waals surface area contributed by atoms with Gasteiger partial charge in [-0.1, -0.05) is 37.7 Å². The third kappa shape index (κ3) is 29.6. The summed E-state index contributed by atoms with van der Waals surface area (Å²) in [7, 11) is 0. The summed E-state index contributed by atoms with van der Waals surface area (Å²) >= 11 is 0. The molecule has 0 saturated carbocycles. The van der Waals surface area contributed by atoms with Crippen molar-refractivity contribution in [3.8, 4) is 0 Å². The number of alkyl carbamates (subject to hydrolysis) is 1. The lowest BCUT2D eigenvalue weighted by molar-refractivity contribution is -0.130. The van der Waals surface area contributed by atoms with Crippen molar-refractivity contribution >= 4 is 35.4 Å². The van der Waals surface area contributed by atoms with Gasteiger partial charge in [0.15, 0.2) is 6.61 Å². The molecule has 0 radical (unpaired) electrons. The number of amides is 5. The molecule has 0 fully saturated rings. The highest BCUT2D eigenvalue weighted by atomic mass is 16.6. The van der Waals surface area contributed by atoms with Crippen LogP contribution in [0.1, 0.15) is 46.7 Å². The zero-order valence-electron chi connectivity index (χ0n) is 33.4. The predicted molar refractivity (Wildman–Crippen MR) is 202 cm³/mol. The van der Waals surface area contributed by atoms with Crippen LogP contribution in [-0.4, -0.2) is 156 Å². The summed E-state index contributed by atoms with van der Waals surface area (Å²) in [5.41, 5.74) is 1.92. The summed E-state index contributed by atoms with van der Waals surface area (Å²) in [6.07, 6.45) is 1.93. The van der Waals surface area contributed by atoms with Crippen molar-refractivity contribution in [3.63, 3.8) is 0 Å². The van der Waals surface area contributed by atoms with Crippen LogP contribution in [0.5, 0.6) is 0 Å². The van der Waals surface area contributed by atoms with E-state index in [-0.39, 0.29) is 38.2 Å². The maximum atomic E-state index is 12.0. The number of hydrogen-bond donors (Lipinski definition) is 5. The second-order valence-corrected chi connectivity index (χ2v) is 13.3. The highest BCUT2D eigenvalue weighted by Crippen LogP contribution is 2.17. The van der Waals surface area contributed by atoms with Crippen molar-refractivity contribution in [2.75, 3.05) is 105 Å². The van der Waals surface area contributed by atoms with Crippen molar-refractivity contribution in [3.05, 3.63) is 24.0 Å². The summed E-state index contributed by atoms with van der Waals surface area (Å²) in [5, 5.41) is 23.6. The number of hydrogen-bond acceptors (Lipinski definition) is 15. The molecule has 21 heteroatoms. The number of rotatable bonds is 32. The molecule has 1 aromatic heterocycles. The van der Waals surface area contributed by atoms with Crippen molar-refractivity contribution in [1.82, 2.24) is 41.6 Å². The highest BCUT2D eigenvalue weighted by molar-refractivity contribution is 5.96. The van der Waals surface area contributed by atoms with Gasteiger partial charge in [-0.3, -0.25) is 19.2 Å². The van der Waals surface area contributed by atoms with Crippen LogP contribution in [0.3, 0.4) is 0 Å². The minimum atomic E-state index is -0.720. The van der Waals surface area contributed by atoms with Crippen molar-refractivity contribution in [2.24, 2.45) is 10.6 Å². The minimum Gasteiger partial charge on any atom is -0.443 e. The fourth-order valence-corrected chi connectivity index (χ4v) is 3.63. The Morgan fingerprint density at radius 1 is 0.696 bits per heavy atom. The molecular weight excluding hydrogens is 738 g/mol. The third-order valence-corrected chi connectivity index (χ3v) is 6.96. The van der Waals surface area contributed by atoms with E-state index in [1.807, 2.05) is 0 Å². The Morgan fingerprint density at radius 2 is 1.18 bits per heavy atom. The van der Waals surface area contributed by atoms with Gasteiger partial charge in [0.25, 0.3) is 5.91 Å². The first kappa shape index (κ1) is 49.3. The molecule has 0 aromatic carbocycles. The van der Waals surface area contributed by atoms with E-state index in [0.717, 1.165) is 13.0 Å². The smallest absolute Gasteiger partial charge is 0.407 e. The first-order valence-electron chi connectivity index (χ1n) is 18.3. The Hall–Kier alpha value is -4.70. The van der Waals surface area contributed by atoms with E-state index in [4.69, 9.17) is 33.3 Å². The normalized spacial score (nSPS) is 11.4. The van der Waals surface area contributed by atoms with E-state index < -0.39 is 42.9 Å². The van der Waals surface area contributed by atoms with E-state index in [0.29, 0.717) is 83.0 Å². The Balaban J connectivity index is 1.97. The van der Waals surface area contributed by atoms with Gasteiger partial charge in [-0.05, 0) is 31.3 Å². The lowest BCUT2D eigenvalue weighted by Gasteiger charge is -2.17. The molecule has 56 heavy (non-hydrogen) atoms. The predicted octanol–water partition coefficient (Wildman–Crippen LogP) is -0.543. The van der Waals surface area contributed by atoms with E-state index in [2.05, 4.69) is 69.4 Å². The van der Waals surface area contributed by atoms with Gasteiger partial charge in [0.05, 0.1) is 97.5 Å². The van der Waals surface area contributed by atoms with Crippen LogP contribution in [-0.2, 0) is 65.6 Å². The summed E-state index contributed by atoms with van der Waals surface area (Å²) < 4.78 is 34.2. The van der Waals surface area contributed by atoms with Crippen LogP contribution in [0, 0.1) is 5.41 Å². The van der Waals surface area contributed by atoms with Crippen molar-refractivity contribution < 1.29 is 57.2 Å². The summed E-state index contributed by atoms with van der Waals surface area (Å²) in [4.78, 5) is 64.2. The topological polar surface area (TPSA) is 253 Å². The molecule has 1 rings (SSSR count). The zero-order valence-corrected chi connectivity index (χ0v) is 33.4. The van der Waals surface area contributed by atoms with Crippen LogP contribution >= 0.6 is 0 Å². The maximum Gasteiger partial charge on any atom is 0.407 e. The van der Waals surface area contributed by atoms with E-state index in [9.17, 15) is 24.0 Å². The Morgan fingerprint density at radius 3 is 1.71 bits per heavy atom. The number of aromatic nitrogens is 3. The fourth-order valence-electron chi connectivity index (χ4n) is 3.63. The van der Waals surface area contributed by atoms with Gasteiger partial charge < -0.3 is 59.8 Å². The molecule has 0 aliphatic heterocycles. The van der Waals surface area contributed by atoms with Crippen LogP contribution in [0.15, 0.2) is 23.5 Å². The summed E-state index contributed by atoms with van der Waals surface area (Å²) in [6, 6.07) is 0. The molecule has 0 saturated heterocycles. The third-order valence-electron chi connectivity index (χ3n) is 6.96.